The van der Waals surface area contributed by atoms with Gasteiger partial charge in [-0.15, -0.1) is 0 Å². The van der Waals surface area contributed by atoms with Crippen molar-refractivity contribution in [1.29, 1.82) is 0 Å². The lowest BCUT2D eigenvalue weighted by Crippen LogP contribution is -2.41. The summed E-state index contributed by atoms with van der Waals surface area (Å²) in [5, 5.41) is 20.4. The van der Waals surface area contributed by atoms with Gasteiger partial charge >= 0.3 is 0 Å². The van der Waals surface area contributed by atoms with E-state index in [1.54, 1.807) is 6.92 Å². The molecule has 1 aromatic carbocycles. The molecule has 1 atom stereocenters. The fourth-order valence-corrected chi connectivity index (χ4v) is 2.69. The van der Waals surface area contributed by atoms with E-state index in [-0.39, 0.29) is 17.2 Å². The van der Waals surface area contributed by atoms with E-state index >= 15 is 0 Å². The molecule has 22 heavy (non-hydrogen) atoms. The van der Waals surface area contributed by atoms with Gasteiger partial charge in [-0.3, -0.25) is 14.9 Å². The van der Waals surface area contributed by atoms with Crippen molar-refractivity contribution in [2.45, 2.75) is 25.9 Å². The summed E-state index contributed by atoms with van der Waals surface area (Å²) < 4.78 is 13.5. The number of hydrogen-bond acceptors (Lipinski definition) is 5. The van der Waals surface area contributed by atoms with Gasteiger partial charge in [-0.2, -0.15) is 0 Å². The summed E-state index contributed by atoms with van der Waals surface area (Å²) in [6, 6.07) is 1.62. The van der Waals surface area contributed by atoms with E-state index in [0.717, 1.165) is 6.07 Å². The van der Waals surface area contributed by atoms with Gasteiger partial charge in [0.1, 0.15) is 11.5 Å². The Bertz CT molecular complexity index is 598. The number of nitrogens with two attached hydrogens (primary N) is 1. The van der Waals surface area contributed by atoms with E-state index in [0.29, 0.717) is 32.0 Å². The second-order valence-corrected chi connectivity index (χ2v) is 5.51. The molecule has 1 amide bonds. The van der Waals surface area contributed by atoms with Crippen molar-refractivity contribution in [2.24, 2.45) is 5.92 Å². The smallest absolute Gasteiger partial charge is 0.295 e. The number of rotatable bonds is 3. The lowest BCUT2D eigenvalue weighted by atomic mass is 9.92. The molecule has 0 saturated carbocycles. The first-order valence-electron chi connectivity index (χ1n) is 7.02. The van der Waals surface area contributed by atoms with Crippen LogP contribution < -0.4 is 5.73 Å². The van der Waals surface area contributed by atoms with Gasteiger partial charge in [-0.25, -0.2) is 4.39 Å². The van der Waals surface area contributed by atoms with Crippen LogP contribution in [-0.4, -0.2) is 40.0 Å². The Labute approximate surface area is 126 Å². The summed E-state index contributed by atoms with van der Waals surface area (Å²) in [6.07, 6.45) is 0.805. The number of aliphatic hydroxyl groups is 1. The molecule has 1 fully saturated rings. The molecule has 2 rings (SSSR count). The number of nitro groups is 1. The zero-order chi connectivity index (χ0) is 16.4. The molecule has 1 unspecified atom stereocenters. The first-order chi connectivity index (χ1) is 10.3. The van der Waals surface area contributed by atoms with Gasteiger partial charge < -0.3 is 15.7 Å². The SMILES string of the molecule is CC(O)C1CCN(C(=O)c2cc(F)cc([N+](=O)[O-])c2N)CC1. The number of amides is 1. The number of nitrogen functional groups attached to an aromatic ring is 1. The van der Waals surface area contributed by atoms with E-state index in [9.17, 15) is 24.4 Å². The number of likely N-dealkylation sites (tertiary alicyclic amines) is 1. The Morgan fingerprint density at radius 3 is 2.59 bits per heavy atom. The molecule has 1 saturated heterocycles. The molecule has 0 aliphatic carbocycles. The van der Waals surface area contributed by atoms with Crippen LogP contribution in [0.2, 0.25) is 0 Å². The summed E-state index contributed by atoms with van der Waals surface area (Å²) in [6.45, 7) is 2.51. The van der Waals surface area contributed by atoms with Crippen LogP contribution in [0.4, 0.5) is 15.8 Å². The van der Waals surface area contributed by atoms with Crippen LogP contribution >= 0.6 is 0 Å². The monoisotopic (exact) mass is 311 g/mol. The molecule has 1 aliphatic heterocycles. The van der Waals surface area contributed by atoms with Crippen molar-refractivity contribution in [3.8, 4) is 0 Å². The topological polar surface area (TPSA) is 110 Å². The molecule has 0 radical (unpaired) electrons. The maximum atomic E-state index is 13.5. The quantitative estimate of drug-likeness (QED) is 0.500. The first-order valence-corrected chi connectivity index (χ1v) is 7.02. The minimum atomic E-state index is -0.872. The van der Waals surface area contributed by atoms with Crippen molar-refractivity contribution in [2.75, 3.05) is 18.8 Å². The van der Waals surface area contributed by atoms with Crippen LogP contribution in [-0.2, 0) is 0 Å². The number of carbonyl (C=O) groups excluding carboxylic acids is 1. The van der Waals surface area contributed by atoms with Gasteiger partial charge in [0.25, 0.3) is 11.6 Å². The molecular weight excluding hydrogens is 293 g/mol. The van der Waals surface area contributed by atoms with Crippen LogP contribution in [0.3, 0.4) is 0 Å². The van der Waals surface area contributed by atoms with Gasteiger partial charge in [-0.05, 0) is 31.7 Å². The lowest BCUT2D eigenvalue weighted by molar-refractivity contribution is -0.384. The highest BCUT2D eigenvalue weighted by Crippen LogP contribution is 2.29. The third-order valence-electron chi connectivity index (χ3n) is 4.06. The van der Waals surface area contributed by atoms with Crippen molar-refractivity contribution >= 4 is 17.3 Å². The third kappa shape index (κ3) is 3.16. The molecule has 0 aromatic heterocycles. The van der Waals surface area contributed by atoms with Gasteiger partial charge in [-0.1, -0.05) is 0 Å². The van der Waals surface area contributed by atoms with Crippen LogP contribution in [0, 0.1) is 21.8 Å². The third-order valence-corrected chi connectivity index (χ3v) is 4.06. The molecular formula is C14H18FN3O4. The van der Waals surface area contributed by atoms with E-state index in [1.807, 2.05) is 0 Å². The number of aliphatic hydroxyl groups excluding tert-OH is 1. The number of piperidine rings is 1. The van der Waals surface area contributed by atoms with Crippen molar-refractivity contribution in [3.63, 3.8) is 0 Å². The van der Waals surface area contributed by atoms with Crippen LogP contribution in [0.15, 0.2) is 12.1 Å². The van der Waals surface area contributed by atoms with E-state index in [4.69, 9.17) is 5.73 Å². The molecule has 1 heterocycles. The van der Waals surface area contributed by atoms with Crippen LogP contribution in [0.25, 0.3) is 0 Å². The highest BCUT2D eigenvalue weighted by atomic mass is 19.1. The molecule has 1 aliphatic rings. The van der Waals surface area contributed by atoms with E-state index in [2.05, 4.69) is 0 Å². The second kappa shape index (κ2) is 6.27. The summed E-state index contributed by atoms with van der Waals surface area (Å²) in [4.78, 5) is 23.9. The van der Waals surface area contributed by atoms with Gasteiger partial charge in [0.05, 0.1) is 22.7 Å². The number of carbonyl (C=O) groups is 1. The lowest BCUT2D eigenvalue weighted by Gasteiger charge is -2.33. The standard InChI is InChI=1S/C14H18FN3O4/c1-8(19)9-2-4-17(5-3-9)14(20)11-6-10(15)7-12(13(11)16)18(21)22/h6-9,19H,2-5,16H2,1H3. The minimum absolute atomic E-state index is 0.114. The fourth-order valence-electron chi connectivity index (χ4n) is 2.69. The van der Waals surface area contributed by atoms with Crippen molar-refractivity contribution < 1.29 is 19.2 Å². The number of nitro benzene ring substituents is 1. The highest BCUT2D eigenvalue weighted by Gasteiger charge is 2.29. The summed E-state index contributed by atoms with van der Waals surface area (Å²) in [7, 11) is 0. The first kappa shape index (κ1) is 16.2. The number of benzene rings is 1. The average Bonchev–Trinajstić information content (AvgIpc) is 2.48. The Balaban J connectivity index is 2.22. The summed E-state index contributed by atoms with van der Waals surface area (Å²) >= 11 is 0. The largest absolute Gasteiger partial charge is 0.393 e. The average molecular weight is 311 g/mol. The molecule has 0 bridgehead atoms. The molecule has 7 nitrogen and oxygen atoms in total. The molecule has 1 aromatic rings. The molecule has 120 valence electrons. The minimum Gasteiger partial charge on any atom is -0.393 e. The van der Waals surface area contributed by atoms with Crippen molar-refractivity contribution in [3.05, 3.63) is 33.6 Å². The van der Waals surface area contributed by atoms with Crippen LogP contribution in [0.5, 0.6) is 0 Å². The number of anilines is 1. The highest BCUT2D eigenvalue weighted by molar-refractivity contribution is 6.01. The zero-order valence-electron chi connectivity index (χ0n) is 12.2. The van der Waals surface area contributed by atoms with E-state index in [1.165, 1.54) is 4.90 Å². The van der Waals surface area contributed by atoms with Gasteiger partial charge in [0, 0.05) is 13.1 Å². The zero-order valence-corrected chi connectivity index (χ0v) is 12.2. The Hall–Kier alpha value is -2.22. The predicted molar refractivity (Wildman–Crippen MR) is 77.8 cm³/mol. The predicted octanol–water partition coefficient (Wildman–Crippen LogP) is 1.55. The number of nitrogens with zero attached hydrogens (tertiary/aromatic N) is 2. The normalized spacial score (nSPS) is 17.3. The Kier molecular flexibility index (Phi) is 4.60. The molecule has 3 N–H and O–H groups in total. The van der Waals surface area contributed by atoms with Crippen LogP contribution in [0.1, 0.15) is 30.1 Å². The Morgan fingerprint density at radius 1 is 1.50 bits per heavy atom. The molecule has 0 spiro atoms. The number of hydrogen-bond donors (Lipinski definition) is 2. The van der Waals surface area contributed by atoms with Crippen molar-refractivity contribution in [1.82, 2.24) is 4.90 Å². The summed E-state index contributed by atoms with van der Waals surface area (Å²) in [5.41, 5.74) is 4.51. The maximum absolute atomic E-state index is 13.5. The second-order valence-electron chi connectivity index (χ2n) is 5.51. The number of halogens is 1. The van der Waals surface area contributed by atoms with E-state index < -0.39 is 28.4 Å². The Morgan fingerprint density at radius 2 is 2.09 bits per heavy atom. The van der Waals surface area contributed by atoms with Gasteiger partial charge in [0.2, 0.25) is 0 Å². The van der Waals surface area contributed by atoms with Gasteiger partial charge in [0.15, 0.2) is 0 Å². The maximum Gasteiger partial charge on any atom is 0.295 e. The molecule has 8 heteroatoms. The fraction of sp³-hybridized carbons (Fsp3) is 0.500. The summed E-state index contributed by atoms with van der Waals surface area (Å²) in [5.74, 6) is -1.28.